The van der Waals surface area contributed by atoms with Crippen LogP contribution in [0.15, 0.2) is 41.3 Å². The Balaban J connectivity index is 1.53. The number of aromatic nitrogens is 1. The minimum absolute atomic E-state index is 0.000985. The number of alkyl halides is 3. The molecule has 8 nitrogen and oxygen atoms in total. The van der Waals surface area contributed by atoms with E-state index in [9.17, 15) is 27.6 Å². The van der Waals surface area contributed by atoms with Gasteiger partial charge in [-0.15, -0.1) is 0 Å². The Kier molecular flexibility index (Phi) is 9.21. The minimum Gasteiger partial charge on any atom is -0.465 e. The van der Waals surface area contributed by atoms with Crippen molar-refractivity contribution in [2.45, 2.75) is 64.5 Å². The molecule has 3 aromatic rings. The van der Waals surface area contributed by atoms with Crippen LogP contribution in [0.4, 0.5) is 18.9 Å². The number of benzene rings is 2. The molecule has 1 saturated carbocycles. The summed E-state index contributed by atoms with van der Waals surface area (Å²) in [7, 11) is 0. The van der Waals surface area contributed by atoms with E-state index < -0.39 is 23.1 Å². The van der Waals surface area contributed by atoms with Crippen LogP contribution < -0.4 is 15.6 Å². The molecule has 2 heterocycles. The van der Waals surface area contributed by atoms with Crippen LogP contribution >= 0.6 is 23.2 Å². The molecule has 2 aliphatic rings. The number of pyridine rings is 1. The van der Waals surface area contributed by atoms with Gasteiger partial charge in [0.25, 0.3) is 5.91 Å². The third-order valence-corrected chi connectivity index (χ3v) is 8.74. The van der Waals surface area contributed by atoms with Crippen LogP contribution in [0.3, 0.4) is 0 Å². The molecule has 0 spiro atoms. The van der Waals surface area contributed by atoms with Crippen LogP contribution in [0.5, 0.6) is 0 Å². The van der Waals surface area contributed by atoms with Crippen molar-refractivity contribution in [3.8, 4) is 0 Å². The fourth-order valence-corrected chi connectivity index (χ4v) is 6.42. The maximum atomic E-state index is 15.0. The zero-order valence-electron chi connectivity index (χ0n) is 24.5. The molecule has 1 amide bonds. The molecule has 2 fully saturated rings. The first-order chi connectivity index (χ1) is 20.8. The highest BCUT2D eigenvalue weighted by molar-refractivity contribution is 6.35. The van der Waals surface area contributed by atoms with Crippen LogP contribution in [0, 0.1) is 0 Å². The normalized spacial score (nSPS) is 19.3. The van der Waals surface area contributed by atoms with Crippen molar-refractivity contribution in [1.82, 2.24) is 14.8 Å². The Hall–Kier alpha value is -3.28. The number of fused-ring (bicyclic) bond motifs is 1. The number of rotatable bonds is 8. The summed E-state index contributed by atoms with van der Waals surface area (Å²) in [6.07, 6.45) is -2.28. The van der Waals surface area contributed by atoms with Gasteiger partial charge in [-0.3, -0.25) is 19.3 Å². The van der Waals surface area contributed by atoms with Crippen LogP contribution in [0.2, 0.25) is 10.0 Å². The second kappa shape index (κ2) is 12.6. The van der Waals surface area contributed by atoms with Crippen molar-refractivity contribution < 1.29 is 27.5 Å². The van der Waals surface area contributed by atoms with E-state index in [2.05, 4.69) is 5.32 Å². The van der Waals surface area contributed by atoms with Crippen LogP contribution in [0.1, 0.15) is 61.1 Å². The predicted molar refractivity (Wildman–Crippen MR) is 164 cm³/mol. The summed E-state index contributed by atoms with van der Waals surface area (Å²) in [5.41, 5.74) is -1.63. The number of esters is 1. The monoisotopic (exact) mass is 652 g/mol. The van der Waals surface area contributed by atoms with Gasteiger partial charge in [-0.05, 0) is 63.4 Å². The lowest BCUT2D eigenvalue weighted by atomic mass is 10.00. The number of carbonyl (C=O) groups is 2. The zero-order chi connectivity index (χ0) is 31.9. The van der Waals surface area contributed by atoms with Crippen molar-refractivity contribution in [3.05, 3.63) is 73.5 Å². The van der Waals surface area contributed by atoms with Gasteiger partial charge < -0.3 is 19.5 Å². The Morgan fingerprint density at radius 3 is 2.34 bits per heavy atom. The van der Waals surface area contributed by atoms with Crippen molar-refractivity contribution in [1.29, 1.82) is 0 Å². The number of nitrogens with zero attached hydrogens (tertiary/aromatic N) is 3. The lowest BCUT2D eigenvalue weighted by molar-refractivity contribution is -0.145. The molecule has 1 aliphatic heterocycles. The topological polar surface area (TPSA) is 83.9 Å². The molecule has 1 aromatic heterocycles. The summed E-state index contributed by atoms with van der Waals surface area (Å²) in [5, 5.41) is 3.25. The van der Waals surface area contributed by atoms with Crippen molar-refractivity contribution in [2.75, 3.05) is 31.1 Å². The van der Waals surface area contributed by atoms with Crippen LogP contribution in [-0.4, -0.2) is 59.7 Å². The number of hydrogen-bond donors (Lipinski definition) is 1. The number of anilines is 1. The average Bonchev–Trinajstić information content (AvgIpc) is 3.79. The fraction of sp³-hybridized carbons (Fsp3) is 0.452. The Labute approximate surface area is 262 Å². The number of carbonyl (C=O) groups excluding carboxylic acids is 2. The SMILES string of the molecule is CCOC(=O)CN1[C@H](C)CN(c2ccc3c(=O)c(C(=O)NCc4ccc(Cl)cc4Cl)cn(C4CC4)c3c2C(F)(F)F)C[C@@H]1C. The lowest BCUT2D eigenvalue weighted by Gasteiger charge is -2.45. The molecule has 1 N–H and O–H groups in total. The summed E-state index contributed by atoms with van der Waals surface area (Å²) in [6, 6.07) is 6.72. The van der Waals surface area contributed by atoms with Gasteiger partial charge in [0, 0.05) is 59.4 Å². The predicted octanol–water partition coefficient (Wildman–Crippen LogP) is 6.05. The van der Waals surface area contributed by atoms with Gasteiger partial charge >= 0.3 is 12.1 Å². The van der Waals surface area contributed by atoms with Crippen LogP contribution in [0.25, 0.3) is 10.9 Å². The average molecular weight is 654 g/mol. The molecule has 0 bridgehead atoms. The molecule has 0 unspecified atom stereocenters. The molecule has 236 valence electrons. The number of amides is 1. The number of hydrogen-bond acceptors (Lipinski definition) is 6. The number of piperazine rings is 1. The Morgan fingerprint density at radius 1 is 1.07 bits per heavy atom. The van der Waals surface area contributed by atoms with E-state index in [0.29, 0.717) is 28.5 Å². The molecule has 44 heavy (non-hydrogen) atoms. The third kappa shape index (κ3) is 6.55. The quantitative estimate of drug-likeness (QED) is 0.298. The first-order valence-electron chi connectivity index (χ1n) is 14.5. The van der Waals surface area contributed by atoms with Crippen molar-refractivity contribution in [3.63, 3.8) is 0 Å². The summed E-state index contributed by atoms with van der Waals surface area (Å²) in [4.78, 5) is 42.5. The van der Waals surface area contributed by atoms with Gasteiger partial charge in [-0.2, -0.15) is 13.2 Å². The van der Waals surface area contributed by atoms with E-state index in [0.717, 1.165) is 0 Å². The molecule has 2 atom stereocenters. The molecular formula is C31H33Cl2F3N4O4. The van der Waals surface area contributed by atoms with E-state index >= 15 is 0 Å². The second-order valence-corrected chi connectivity index (χ2v) is 12.2. The second-order valence-electron chi connectivity index (χ2n) is 11.4. The van der Waals surface area contributed by atoms with E-state index in [-0.39, 0.29) is 79.0 Å². The number of halogens is 5. The Bertz CT molecular complexity index is 1650. The molecule has 5 rings (SSSR count). The summed E-state index contributed by atoms with van der Waals surface area (Å²) in [6.45, 7) is 6.20. The zero-order valence-corrected chi connectivity index (χ0v) is 26.0. The first-order valence-corrected chi connectivity index (χ1v) is 15.2. The highest BCUT2D eigenvalue weighted by atomic mass is 35.5. The van der Waals surface area contributed by atoms with Crippen molar-refractivity contribution >= 4 is 51.7 Å². The fourth-order valence-electron chi connectivity index (χ4n) is 5.94. The lowest BCUT2D eigenvalue weighted by Crippen LogP contribution is -2.58. The maximum absolute atomic E-state index is 15.0. The van der Waals surface area contributed by atoms with Gasteiger partial charge in [0.1, 0.15) is 11.1 Å². The van der Waals surface area contributed by atoms with E-state index in [1.807, 2.05) is 18.7 Å². The molecule has 1 aliphatic carbocycles. The largest absolute Gasteiger partial charge is 0.465 e. The minimum atomic E-state index is -4.79. The van der Waals surface area contributed by atoms with Gasteiger partial charge in [0.15, 0.2) is 0 Å². The van der Waals surface area contributed by atoms with Crippen LogP contribution in [-0.2, 0) is 22.3 Å². The molecule has 1 saturated heterocycles. The third-order valence-electron chi connectivity index (χ3n) is 8.15. The van der Waals surface area contributed by atoms with E-state index in [1.54, 1.807) is 24.0 Å². The summed E-state index contributed by atoms with van der Waals surface area (Å²) in [5.74, 6) is -1.10. The first kappa shape index (κ1) is 32.1. The van der Waals surface area contributed by atoms with Crippen molar-refractivity contribution in [2.24, 2.45) is 0 Å². The maximum Gasteiger partial charge on any atom is 0.420 e. The molecular weight excluding hydrogens is 620 g/mol. The standard InChI is InChI=1S/C31H33Cl2F3N4O4/c1-4-44-26(41)16-39-17(2)13-38(14-18(39)3)25-10-9-22-28(27(25)31(34,35)36)40(21-7-8-21)15-23(29(22)42)30(43)37-12-19-5-6-20(32)11-24(19)33/h5-6,9-11,15,17-18,21H,4,7-8,12-14,16H2,1-3H3,(H,37,43)/t17-,18+. The van der Waals surface area contributed by atoms with Gasteiger partial charge in [0.05, 0.1) is 24.4 Å². The van der Waals surface area contributed by atoms with Gasteiger partial charge in [-0.25, -0.2) is 0 Å². The summed E-state index contributed by atoms with van der Waals surface area (Å²) < 4.78 is 51.4. The highest BCUT2D eigenvalue weighted by Crippen LogP contribution is 2.45. The smallest absolute Gasteiger partial charge is 0.420 e. The molecule has 0 radical (unpaired) electrons. The Morgan fingerprint density at radius 2 is 1.75 bits per heavy atom. The van der Waals surface area contributed by atoms with Gasteiger partial charge in [0.2, 0.25) is 5.43 Å². The number of nitrogens with one attached hydrogen (secondary N) is 1. The van der Waals surface area contributed by atoms with Gasteiger partial charge in [-0.1, -0.05) is 29.3 Å². The molecule has 2 aromatic carbocycles. The molecule has 13 heteroatoms. The summed E-state index contributed by atoms with van der Waals surface area (Å²) >= 11 is 12.1. The van der Waals surface area contributed by atoms with E-state index in [1.165, 1.54) is 29.0 Å². The number of ether oxygens (including phenoxy) is 1. The highest BCUT2D eigenvalue weighted by Gasteiger charge is 2.42. The van der Waals surface area contributed by atoms with E-state index in [4.69, 9.17) is 27.9 Å².